The van der Waals surface area contributed by atoms with Crippen molar-refractivity contribution in [2.75, 3.05) is 0 Å². The highest BCUT2D eigenvalue weighted by Crippen LogP contribution is 2.41. The van der Waals surface area contributed by atoms with E-state index >= 15 is 0 Å². The molecule has 80 valence electrons. The zero-order valence-corrected chi connectivity index (χ0v) is 10.1. The summed E-state index contributed by atoms with van der Waals surface area (Å²) in [6, 6.07) is 0. The normalized spacial score (nSPS) is 35.8. The Morgan fingerprint density at radius 3 is 2.43 bits per heavy atom. The molecule has 0 radical (unpaired) electrons. The summed E-state index contributed by atoms with van der Waals surface area (Å²) in [4.78, 5) is 0. The van der Waals surface area contributed by atoms with Crippen molar-refractivity contribution in [1.29, 1.82) is 5.41 Å². The minimum Gasteiger partial charge on any atom is -0.305 e. The van der Waals surface area contributed by atoms with Gasteiger partial charge in [-0.15, -0.1) is 0 Å². The molecule has 1 heteroatoms. The fourth-order valence-electron chi connectivity index (χ4n) is 2.96. The van der Waals surface area contributed by atoms with Crippen LogP contribution in [0.25, 0.3) is 0 Å². The SMILES string of the molecule is C/C=C1\C(=N)C(C)CC(C)CC1(C)C. The van der Waals surface area contributed by atoms with E-state index < -0.39 is 0 Å². The predicted octanol–water partition coefficient (Wildman–Crippen LogP) is 4.04. The third kappa shape index (κ3) is 2.08. The van der Waals surface area contributed by atoms with E-state index in [0.717, 1.165) is 11.6 Å². The molecule has 0 heterocycles. The minimum atomic E-state index is 0.190. The summed E-state index contributed by atoms with van der Waals surface area (Å²) < 4.78 is 0. The first-order chi connectivity index (χ1) is 6.38. The first-order valence-electron chi connectivity index (χ1n) is 5.64. The van der Waals surface area contributed by atoms with Crippen LogP contribution in [0.2, 0.25) is 0 Å². The van der Waals surface area contributed by atoms with Crippen LogP contribution in [0.3, 0.4) is 0 Å². The maximum atomic E-state index is 8.17. The molecule has 1 fully saturated rings. The van der Waals surface area contributed by atoms with Gasteiger partial charge >= 0.3 is 0 Å². The molecule has 1 aliphatic carbocycles. The van der Waals surface area contributed by atoms with Crippen LogP contribution in [-0.2, 0) is 0 Å². The van der Waals surface area contributed by atoms with Crippen LogP contribution >= 0.6 is 0 Å². The third-order valence-corrected chi connectivity index (χ3v) is 3.42. The molecule has 0 spiro atoms. The Labute approximate surface area is 88.1 Å². The third-order valence-electron chi connectivity index (χ3n) is 3.42. The first-order valence-corrected chi connectivity index (χ1v) is 5.64. The van der Waals surface area contributed by atoms with Crippen LogP contribution < -0.4 is 0 Å². The van der Waals surface area contributed by atoms with Crippen LogP contribution in [-0.4, -0.2) is 5.71 Å². The van der Waals surface area contributed by atoms with E-state index in [-0.39, 0.29) is 5.41 Å². The van der Waals surface area contributed by atoms with Gasteiger partial charge in [-0.2, -0.15) is 0 Å². The molecule has 1 nitrogen and oxygen atoms in total. The monoisotopic (exact) mass is 193 g/mol. The molecule has 14 heavy (non-hydrogen) atoms. The van der Waals surface area contributed by atoms with Crippen molar-refractivity contribution in [3.8, 4) is 0 Å². The lowest BCUT2D eigenvalue weighted by molar-refractivity contribution is 0.331. The van der Waals surface area contributed by atoms with Gasteiger partial charge in [0.25, 0.3) is 0 Å². The molecule has 0 aromatic rings. The molecule has 0 aromatic carbocycles. The highest BCUT2D eigenvalue weighted by molar-refractivity contribution is 6.00. The zero-order chi connectivity index (χ0) is 10.9. The summed E-state index contributed by atoms with van der Waals surface area (Å²) in [5.41, 5.74) is 2.31. The Morgan fingerprint density at radius 2 is 1.93 bits per heavy atom. The fourth-order valence-corrected chi connectivity index (χ4v) is 2.96. The summed E-state index contributed by atoms with van der Waals surface area (Å²) in [6.45, 7) is 11.1. The van der Waals surface area contributed by atoms with Gasteiger partial charge in [0, 0.05) is 5.71 Å². The molecule has 2 atom stereocenters. The topological polar surface area (TPSA) is 23.9 Å². The molecule has 0 aromatic heterocycles. The van der Waals surface area contributed by atoms with Crippen molar-refractivity contribution in [3.63, 3.8) is 0 Å². The Kier molecular flexibility index (Phi) is 3.18. The van der Waals surface area contributed by atoms with Crippen molar-refractivity contribution < 1.29 is 0 Å². The van der Waals surface area contributed by atoms with Crippen LogP contribution in [0.15, 0.2) is 11.6 Å². The molecule has 0 saturated heterocycles. The van der Waals surface area contributed by atoms with E-state index in [0.29, 0.717) is 5.92 Å². The molecule has 1 rings (SSSR count). The van der Waals surface area contributed by atoms with Crippen molar-refractivity contribution in [3.05, 3.63) is 11.6 Å². The standard InChI is InChI=1S/C13H23N/c1-6-11-12(14)10(3)7-9(2)8-13(11,4)5/h6,9-10,14H,7-8H2,1-5H3/b11-6+,14-12?. The van der Waals surface area contributed by atoms with Crippen LogP contribution in [0.4, 0.5) is 0 Å². The number of hydrogen-bond acceptors (Lipinski definition) is 1. The lowest BCUT2D eigenvalue weighted by Gasteiger charge is -2.28. The van der Waals surface area contributed by atoms with Crippen molar-refractivity contribution in [1.82, 2.24) is 0 Å². The van der Waals surface area contributed by atoms with E-state index in [1.165, 1.54) is 18.4 Å². The lowest BCUT2D eigenvalue weighted by atomic mass is 9.77. The fraction of sp³-hybridized carbons (Fsp3) is 0.769. The summed E-state index contributed by atoms with van der Waals surface area (Å²) in [5.74, 6) is 1.16. The molecule has 1 saturated carbocycles. The van der Waals surface area contributed by atoms with E-state index in [1.54, 1.807) is 0 Å². The molecular weight excluding hydrogens is 170 g/mol. The van der Waals surface area contributed by atoms with E-state index in [1.807, 2.05) is 0 Å². The molecule has 0 bridgehead atoms. The maximum Gasteiger partial charge on any atom is 0.0376 e. The van der Waals surface area contributed by atoms with Crippen molar-refractivity contribution >= 4 is 5.71 Å². The molecule has 1 aliphatic rings. The average Bonchev–Trinajstić information content (AvgIpc) is 2.08. The second kappa shape index (κ2) is 3.88. The Bertz CT molecular complexity index is 260. The number of rotatable bonds is 0. The molecule has 0 amide bonds. The maximum absolute atomic E-state index is 8.17. The van der Waals surface area contributed by atoms with E-state index in [4.69, 9.17) is 5.41 Å². The van der Waals surface area contributed by atoms with Crippen molar-refractivity contribution in [2.24, 2.45) is 17.3 Å². The Balaban J connectivity index is 3.07. The van der Waals surface area contributed by atoms with Crippen molar-refractivity contribution in [2.45, 2.75) is 47.5 Å². The van der Waals surface area contributed by atoms with E-state index in [2.05, 4.69) is 40.7 Å². The molecule has 2 unspecified atom stereocenters. The van der Waals surface area contributed by atoms with Gasteiger partial charge in [0.1, 0.15) is 0 Å². The second-order valence-electron chi connectivity index (χ2n) is 5.45. The predicted molar refractivity (Wildman–Crippen MR) is 62.8 cm³/mol. The molecular formula is C13H23N. The zero-order valence-electron chi connectivity index (χ0n) is 10.1. The van der Waals surface area contributed by atoms with Gasteiger partial charge in [0.2, 0.25) is 0 Å². The largest absolute Gasteiger partial charge is 0.305 e. The summed E-state index contributed by atoms with van der Waals surface area (Å²) >= 11 is 0. The highest BCUT2D eigenvalue weighted by Gasteiger charge is 2.33. The van der Waals surface area contributed by atoms with Crippen LogP contribution in [0, 0.1) is 22.7 Å². The van der Waals surface area contributed by atoms with Gasteiger partial charge in [-0.3, -0.25) is 0 Å². The summed E-state index contributed by atoms with van der Waals surface area (Å²) in [5, 5.41) is 8.17. The highest BCUT2D eigenvalue weighted by atomic mass is 14.5. The quantitative estimate of drug-likeness (QED) is 0.561. The Hall–Kier alpha value is -0.590. The second-order valence-corrected chi connectivity index (χ2v) is 5.45. The first kappa shape index (κ1) is 11.5. The lowest BCUT2D eigenvalue weighted by Crippen LogP contribution is -2.21. The number of nitrogens with one attached hydrogen (secondary N) is 1. The number of hydrogen-bond donors (Lipinski definition) is 1. The van der Waals surface area contributed by atoms with Gasteiger partial charge in [-0.25, -0.2) is 0 Å². The van der Waals surface area contributed by atoms with Gasteiger partial charge < -0.3 is 5.41 Å². The minimum absolute atomic E-state index is 0.190. The Morgan fingerprint density at radius 1 is 1.36 bits per heavy atom. The summed E-state index contributed by atoms with van der Waals surface area (Å²) in [7, 11) is 0. The smallest absolute Gasteiger partial charge is 0.0376 e. The van der Waals surface area contributed by atoms with Gasteiger partial charge in [0.15, 0.2) is 0 Å². The summed E-state index contributed by atoms with van der Waals surface area (Å²) in [6.07, 6.45) is 4.51. The van der Waals surface area contributed by atoms with E-state index in [9.17, 15) is 0 Å². The van der Waals surface area contributed by atoms with Gasteiger partial charge in [-0.05, 0) is 42.6 Å². The molecule has 0 aliphatic heterocycles. The van der Waals surface area contributed by atoms with Gasteiger partial charge in [0.05, 0.1) is 0 Å². The average molecular weight is 193 g/mol. The number of allylic oxidation sites excluding steroid dienone is 2. The molecule has 1 N–H and O–H groups in total. The van der Waals surface area contributed by atoms with Crippen LogP contribution in [0.5, 0.6) is 0 Å². The van der Waals surface area contributed by atoms with Gasteiger partial charge in [-0.1, -0.05) is 33.8 Å². The van der Waals surface area contributed by atoms with Crippen LogP contribution in [0.1, 0.15) is 47.5 Å².